The summed E-state index contributed by atoms with van der Waals surface area (Å²) in [6.07, 6.45) is 0.700. The first-order valence-electron chi connectivity index (χ1n) is 14.3. The molecular weight excluding hydrogens is 547 g/mol. The van der Waals surface area contributed by atoms with Crippen LogP contribution in [0.2, 0.25) is 0 Å². The van der Waals surface area contributed by atoms with Gasteiger partial charge < -0.3 is 14.5 Å². The van der Waals surface area contributed by atoms with E-state index in [4.69, 9.17) is 14.6 Å². The van der Waals surface area contributed by atoms with Gasteiger partial charge >= 0.3 is 0 Å². The summed E-state index contributed by atoms with van der Waals surface area (Å²) in [5, 5.41) is 11.1. The third-order valence-corrected chi connectivity index (χ3v) is 7.40. The Morgan fingerprint density at radius 2 is 1.72 bits per heavy atom. The number of benzene rings is 3. The second kappa shape index (κ2) is 12.7. The molecule has 0 aliphatic heterocycles. The highest BCUT2D eigenvalue weighted by atomic mass is 19.1. The molecule has 7 nitrogen and oxygen atoms in total. The number of rotatable bonds is 12. The van der Waals surface area contributed by atoms with Crippen molar-refractivity contribution in [3.8, 4) is 28.2 Å². The first kappa shape index (κ1) is 31.3. The molecule has 0 bridgehead atoms. The third kappa shape index (κ3) is 6.74. The van der Waals surface area contributed by atoms with Crippen LogP contribution in [0.5, 0.6) is 5.75 Å². The van der Waals surface area contributed by atoms with Crippen LogP contribution in [-0.4, -0.2) is 30.4 Å². The van der Waals surface area contributed by atoms with Crippen LogP contribution < -0.4 is 10.1 Å². The van der Waals surface area contributed by atoms with Gasteiger partial charge in [-0.05, 0) is 60.4 Å². The fourth-order valence-electron chi connectivity index (χ4n) is 4.91. The standard InChI is InChI=1S/C35H37FN2O5/c1-7-28(40)32-27-15-26(23-9-8-21(4)25(14-23)29(41)17-35(5,6)34(37)38-19-39)30(42-18-20(2)3)16-31(27)43-33(32)22-10-12-24(36)13-11-22/h8-16,19-20H,7,17-18H2,1-6H3,(H2,37,38,39). The lowest BCUT2D eigenvalue weighted by Crippen LogP contribution is -2.37. The number of nitrogens with one attached hydrogen (secondary N) is 2. The molecule has 4 rings (SSSR count). The van der Waals surface area contributed by atoms with E-state index in [1.54, 1.807) is 45.0 Å². The summed E-state index contributed by atoms with van der Waals surface area (Å²) in [6.45, 7) is 11.6. The molecule has 43 heavy (non-hydrogen) atoms. The largest absolute Gasteiger partial charge is 0.493 e. The Morgan fingerprint density at radius 3 is 2.35 bits per heavy atom. The van der Waals surface area contributed by atoms with E-state index in [9.17, 15) is 18.8 Å². The quantitative estimate of drug-likeness (QED) is 0.0756. The van der Waals surface area contributed by atoms with Crippen LogP contribution in [0.1, 0.15) is 73.7 Å². The van der Waals surface area contributed by atoms with Crippen LogP contribution in [0.25, 0.3) is 33.4 Å². The summed E-state index contributed by atoms with van der Waals surface area (Å²) >= 11 is 0. The molecule has 1 amide bonds. The van der Waals surface area contributed by atoms with Crippen molar-refractivity contribution in [1.29, 1.82) is 5.41 Å². The number of fused-ring (bicyclic) bond motifs is 1. The maximum Gasteiger partial charge on any atom is 0.212 e. The minimum atomic E-state index is -0.881. The molecule has 0 fully saturated rings. The van der Waals surface area contributed by atoms with E-state index in [1.165, 1.54) is 12.1 Å². The third-order valence-electron chi connectivity index (χ3n) is 7.40. The number of ketones is 2. The summed E-state index contributed by atoms with van der Waals surface area (Å²) in [5.41, 5.74) is 3.24. The monoisotopic (exact) mass is 584 g/mol. The molecule has 0 unspecified atom stereocenters. The van der Waals surface area contributed by atoms with Crippen molar-refractivity contribution in [3.05, 3.63) is 77.1 Å². The fraction of sp³-hybridized carbons (Fsp3) is 0.314. The molecule has 0 spiro atoms. The van der Waals surface area contributed by atoms with Crippen molar-refractivity contribution >= 4 is 34.8 Å². The number of carbonyl (C=O) groups excluding carboxylic acids is 3. The molecule has 2 N–H and O–H groups in total. The number of halogens is 1. The second-order valence-electron chi connectivity index (χ2n) is 11.8. The molecule has 1 heterocycles. The Balaban J connectivity index is 1.89. The van der Waals surface area contributed by atoms with Crippen molar-refractivity contribution in [2.24, 2.45) is 11.3 Å². The van der Waals surface area contributed by atoms with Gasteiger partial charge in [-0.3, -0.25) is 19.8 Å². The minimum absolute atomic E-state index is 0.0185. The second-order valence-corrected chi connectivity index (χ2v) is 11.8. The zero-order valence-electron chi connectivity index (χ0n) is 25.4. The lowest BCUT2D eigenvalue weighted by molar-refractivity contribution is -0.108. The number of amidine groups is 1. The number of ether oxygens (including phenoxy) is 1. The topological polar surface area (TPSA) is 109 Å². The van der Waals surface area contributed by atoms with Gasteiger partial charge in [0.2, 0.25) is 6.41 Å². The van der Waals surface area contributed by atoms with Crippen molar-refractivity contribution in [2.45, 2.75) is 54.4 Å². The summed E-state index contributed by atoms with van der Waals surface area (Å²) in [6, 6.07) is 15.0. The summed E-state index contributed by atoms with van der Waals surface area (Å²) in [5.74, 6) is 0.423. The van der Waals surface area contributed by atoms with Gasteiger partial charge in [-0.15, -0.1) is 0 Å². The van der Waals surface area contributed by atoms with Crippen LogP contribution >= 0.6 is 0 Å². The number of aryl methyl sites for hydroxylation is 1. The fourth-order valence-corrected chi connectivity index (χ4v) is 4.91. The first-order valence-corrected chi connectivity index (χ1v) is 14.3. The zero-order chi connectivity index (χ0) is 31.5. The highest BCUT2D eigenvalue weighted by molar-refractivity contribution is 6.13. The van der Waals surface area contributed by atoms with Gasteiger partial charge in [-0.2, -0.15) is 0 Å². The van der Waals surface area contributed by atoms with Gasteiger partial charge in [0, 0.05) is 46.4 Å². The summed E-state index contributed by atoms with van der Waals surface area (Å²) in [4.78, 5) is 37.7. The number of carbonyl (C=O) groups is 3. The van der Waals surface area contributed by atoms with E-state index in [1.807, 2.05) is 39.0 Å². The van der Waals surface area contributed by atoms with Crippen molar-refractivity contribution in [1.82, 2.24) is 5.32 Å². The van der Waals surface area contributed by atoms with E-state index in [-0.39, 0.29) is 42.0 Å². The van der Waals surface area contributed by atoms with Crippen molar-refractivity contribution < 1.29 is 27.9 Å². The molecule has 0 aliphatic rings. The van der Waals surface area contributed by atoms with E-state index >= 15 is 0 Å². The molecule has 0 radical (unpaired) electrons. The first-order chi connectivity index (χ1) is 20.4. The smallest absolute Gasteiger partial charge is 0.212 e. The summed E-state index contributed by atoms with van der Waals surface area (Å²) < 4.78 is 26.2. The van der Waals surface area contributed by atoms with Gasteiger partial charge in [-0.1, -0.05) is 46.8 Å². The highest BCUT2D eigenvalue weighted by Gasteiger charge is 2.29. The Labute approximate surface area is 250 Å². The molecule has 4 aromatic rings. The molecule has 0 saturated heterocycles. The molecular formula is C35H37FN2O5. The number of hydrogen-bond acceptors (Lipinski definition) is 6. The number of amides is 1. The molecule has 0 aliphatic carbocycles. The Morgan fingerprint density at radius 1 is 1.05 bits per heavy atom. The lowest BCUT2D eigenvalue weighted by Gasteiger charge is -2.24. The van der Waals surface area contributed by atoms with Crippen LogP contribution in [0.15, 0.2) is 59.0 Å². The van der Waals surface area contributed by atoms with Crippen molar-refractivity contribution in [2.75, 3.05) is 6.61 Å². The summed E-state index contributed by atoms with van der Waals surface area (Å²) in [7, 11) is 0. The maximum absolute atomic E-state index is 13.7. The van der Waals surface area contributed by atoms with Gasteiger partial charge in [0.1, 0.15) is 28.7 Å². The van der Waals surface area contributed by atoms with Gasteiger partial charge in [0.25, 0.3) is 0 Å². The molecule has 3 aromatic carbocycles. The van der Waals surface area contributed by atoms with Crippen LogP contribution in [-0.2, 0) is 4.79 Å². The number of Topliss-reactive ketones (excluding diaryl/α,β-unsaturated/α-hetero) is 2. The van der Waals surface area contributed by atoms with E-state index in [2.05, 4.69) is 5.32 Å². The average Bonchev–Trinajstić information content (AvgIpc) is 3.34. The van der Waals surface area contributed by atoms with Gasteiger partial charge in [-0.25, -0.2) is 4.39 Å². The number of furan rings is 1. The minimum Gasteiger partial charge on any atom is -0.493 e. The SMILES string of the molecule is CCC(=O)c1c(-c2ccc(F)cc2)oc2cc(OCC(C)C)c(-c3ccc(C)c(C(=O)CC(C)(C)C(=N)NC=O)c3)cc12. The molecule has 1 aromatic heterocycles. The zero-order valence-corrected chi connectivity index (χ0v) is 25.4. The molecule has 0 atom stereocenters. The predicted molar refractivity (Wildman–Crippen MR) is 166 cm³/mol. The average molecular weight is 585 g/mol. The predicted octanol–water partition coefficient (Wildman–Crippen LogP) is 8.16. The van der Waals surface area contributed by atoms with E-state index in [0.29, 0.717) is 63.3 Å². The van der Waals surface area contributed by atoms with Crippen LogP contribution in [0.3, 0.4) is 0 Å². The van der Waals surface area contributed by atoms with Crippen LogP contribution in [0.4, 0.5) is 4.39 Å². The van der Waals surface area contributed by atoms with Gasteiger partial charge in [0.15, 0.2) is 11.6 Å². The molecule has 0 saturated carbocycles. The van der Waals surface area contributed by atoms with Crippen LogP contribution in [0, 0.1) is 29.5 Å². The Hall–Kier alpha value is -4.59. The lowest BCUT2D eigenvalue weighted by atomic mass is 9.83. The van der Waals surface area contributed by atoms with Gasteiger partial charge in [0.05, 0.1) is 12.2 Å². The maximum atomic E-state index is 13.7. The van der Waals surface area contributed by atoms with Crippen molar-refractivity contribution in [3.63, 3.8) is 0 Å². The Kier molecular flexibility index (Phi) is 9.28. The molecule has 8 heteroatoms. The highest BCUT2D eigenvalue weighted by Crippen LogP contribution is 2.42. The number of hydrogen-bond donors (Lipinski definition) is 2. The normalized spacial score (nSPS) is 11.5. The van der Waals surface area contributed by atoms with E-state index in [0.717, 1.165) is 5.56 Å². The Bertz CT molecular complexity index is 1700. The molecule has 224 valence electrons. The van der Waals surface area contributed by atoms with E-state index < -0.39 is 5.41 Å².